The van der Waals surface area contributed by atoms with Crippen LogP contribution in [-0.4, -0.2) is 15.0 Å². The number of hydrogen-bond donors (Lipinski definition) is 3. The van der Waals surface area contributed by atoms with Crippen LogP contribution in [0.3, 0.4) is 0 Å². The number of benzene rings is 2. The van der Waals surface area contributed by atoms with Crippen molar-refractivity contribution < 1.29 is 10.0 Å². The van der Waals surface area contributed by atoms with Crippen LogP contribution in [0.1, 0.15) is 5.56 Å². The van der Waals surface area contributed by atoms with E-state index in [-0.39, 0.29) is 11.4 Å². The summed E-state index contributed by atoms with van der Waals surface area (Å²) in [4.78, 5) is 13.6. The number of anilines is 1. The summed E-state index contributed by atoms with van der Waals surface area (Å²) in [5.74, 6) is -0.124. The minimum atomic E-state index is -0.516. The van der Waals surface area contributed by atoms with E-state index in [0.717, 1.165) is 22.5 Å². The number of hydrogen-bond acceptors (Lipinski definition) is 4. The molecule has 21 heavy (non-hydrogen) atoms. The molecule has 0 bridgehead atoms. The SMILES string of the molecule is O=[N+]([O-])c1cc(O)ccc1NCc1ccc2[nH]ccc2c1. The lowest BCUT2D eigenvalue weighted by Crippen LogP contribution is -2.02. The predicted molar refractivity (Wildman–Crippen MR) is 80.4 cm³/mol. The highest BCUT2D eigenvalue weighted by atomic mass is 16.6. The summed E-state index contributed by atoms with van der Waals surface area (Å²) >= 11 is 0. The minimum Gasteiger partial charge on any atom is -0.508 e. The van der Waals surface area contributed by atoms with Crippen molar-refractivity contribution in [3.05, 3.63) is 64.3 Å². The molecule has 1 heterocycles. The van der Waals surface area contributed by atoms with E-state index >= 15 is 0 Å². The van der Waals surface area contributed by atoms with Gasteiger partial charge < -0.3 is 15.4 Å². The normalized spacial score (nSPS) is 10.7. The summed E-state index contributed by atoms with van der Waals surface area (Å²) in [6.45, 7) is 0.465. The number of nitrogens with one attached hydrogen (secondary N) is 2. The van der Waals surface area contributed by atoms with Crippen LogP contribution in [-0.2, 0) is 6.54 Å². The highest BCUT2D eigenvalue weighted by molar-refractivity contribution is 5.80. The van der Waals surface area contributed by atoms with Gasteiger partial charge in [0, 0.05) is 18.3 Å². The molecule has 0 unspecified atom stereocenters. The number of aromatic nitrogens is 1. The van der Waals surface area contributed by atoms with Gasteiger partial charge in [0.1, 0.15) is 11.4 Å². The Labute approximate surface area is 120 Å². The Morgan fingerprint density at radius 2 is 2.05 bits per heavy atom. The molecule has 106 valence electrons. The fourth-order valence-corrected chi connectivity index (χ4v) is 2.23. The van der Waals surface area contributed by atoms with E-state index in [1.54, 1.807) is 0 Å². The average molecular weight is 283 g/mol. The zero-order chi connectivity index (χ0) is 14.8. The van der Waals surface area contributed by atoms with Crippen molar-refractivity contribution >= 4 is 22.3 Å². The van der Waals surface area contributed by atoms with E-state index in [0.29, 0.717) is 12.2 Å². The van der Waals surface area contributed by atoms with Gasteiger partial charge >= 0.3 is 0 Å². The van der Waals surface area contributed by atoms with Crippen LogP contribution in [0, 0.1) is 10.1 Å². The Balaban J connectivity index is 1.82. The van der Waals surface area contributed by atoms with E-state index in [2.05, 4.69) is 10.3 Å². The lowest BCUT2D eigenvalue weighted by Gasteiger charge is -2.08. The molecule has 0 fully saturated rings. The number of rotatable bonds is 4. The highest BCUT2D eigenvalue weighted by Crippen LogP contribution is 2.28. The maximum absolute atomic E-state index is 11.0. The van der Waals surface area contributed by atoms with Crippen molar-refractivity contribution in [3.8, 4) is 5.75 Å². The topological polar surface area (TPSA) is 91.2 Å². The van der Waals surface area contributed by atoms with Crippen molar-refractivity contribution in [2.75, 3.05) is 5.32 Å². The van der Waals surface area contributed by atoms with E-state index in [1.807, 2.05) is 30.5 Å². The minimum absolute atomic E-state index is 0.124. The number of nitrogens with zero attached hydrogens (tertiary/aromatic N) is 1. The molecule has 0 aliphatic rings. The third-order valence-electron chi connectivity index (χ3n) is 3.28. The average Bonchev–Trinajstić information content (AvgIpc) is 2.93. The Morgan fingerprint density at radius 3 is 2.86 bits per heavy atom. The maximum atomic E-state index is 11.0. The molecule has 0 atom stereocenters. The third kappa shape index (κ3) is 2.64. The summed E-state index contributed by atoms with van der Waals surface area (Å²) in [6, 6.07) is 12.0. The number of phenolic OH excluding ortho intramolecular Hbond substituents is 1. The predicted octanol–water partition coefficient (Wildman–Crippen LogP) is 3.39. The molecule has 1 aromatic heterocycles. The number of aromatic amines is 1. The van der Waals surface area contributed by atoms with Crippen molar-refractivity contribution in [1.82, 2.24) is 4.98 Å². The first-order chi connectivity index (χ1) is 10.1. The second kappa shape index (κ2) is 5.16. The summed E-state index contributed by atoms with van der Waals surface area (Å²) in [5, 5.41) is 24.4. The number of aromatic hydroxyl groups is 1. The molecule has 0 spiro atoms. The first-order valence-electron chi connectivity index (χ1n) is 6.41. The molecule has 0 saturated heterocycles. The Bertz CT molecular complexity index is 811. The maximum Gasteiger partial charge on any atom is 0.296 e. The first kappa shape index (κ1) is 13.0. The van der Waals surface area contributed by atoms with Crippen molar-refractivity contribution in [2.45, 2.75) is 6.54 Å². The first-order valence-corrected chi connectivity index (χ1v) is 6.41. The van der Waals surface area contributed by atoms with Crippen LogP contribution >= 0.6 is 0 Å². The largest absolute Gasteiger partial charge is 0.508 e. The molecule has 6 heteroatoms. The third-order valence-corrected chi connectivity index (χ3v) is 3.28. The lowest BCUT2D eigenvalue weighted by atomic mass is 10.1. The molecule has 0 amide bonds. The number of H-pyrrole nitrogens is 1. The summed E-state index contributed by atoms with van der Waals surface area (Å²) in [7, 11) is 0. The van der Waals surface area contributed by atoms with Crippen LogP contribution in [0.15, 0.2) is 48.7 Å². The van der Waals surface area contributed by atoms with Crippen LogP contribution in [0.5, 0.6) is 5.75 Å². The van der Waals surface area contributed by atoms with Crippen molar-refractivity contribution in [3.63, 3.8) is 0 Å². The standard InChI is InChI=1S/C15H13N3O3/c19-12-2-4-14(15(8-12)18(20)21)17-9-10-1-3-13-11(7-10)5-6-16-13/h1-8,16-17,19H,9H2. The molecule has 3 N–H and O–H groups in total. The number of phenols is 1. The van der Waals surface area contributed by atoms with E-state index in [1.165, 1.54) is 12.1 Å². The molecule has 0 aliphatic carbocycles. The summed E-state index contributed by atoms with van der Waals surface area (Å²) < 4.78 is 0. The molecule has 2 aromatic carbocycles. The van der Waals surface area contributed by atoms with Gasteiger partial charge in [-0.3, -0.25) is 10.1 Å². The van der Waals surface area contributed by atoms with Gasteiger partial charge in [-0.05, 0) is 41.3 Å². The lowest BCUT2D eigenvalue weighted by molar-refractivity contribution is -0.384. The monoisotopic (exact) mass is 283 g/mol. The molecule has 3 aromatic rings. The second-order valence-corrected chi connectivity index (χ2v) is 4.71. The highest BCUT2D eigenvalue weighted by Gasteiger charge is 2.14. The van der Waals surface area contributed by atoms with Crippen LogP contribution < -0.4 is 5.32 Å². The van der Waals surface area contributed by atoms with Crippen LogP contribution in [0.4, 0.5) is 11.4 Å². The van der Waals surface area contributed by atoms with Crippen LogP contribution in [0.25, 0.3) is 10.9 Å². The Morgan fingerprint density at radius 1 is 1.19 bits per heavy atom. The number of nitro groups is 1. The molecule has 6 nitrogen and oxygen atoms in total. The Hall–Kier alpha value is -3.02. The number of nitro benzene ring substituents is 1. The van der Waals surface area contributed by atoms with E-state index in [9.17, 15) is 15.2 Å². The molecule has 0 saturated carbocycles. The fraction of sp³-hybridized carbons (Fsp3) is 0.0667. The van der Waals surface area contributed by atoms with E-state index in [4.69, 9.17) is 0 Å². The molecular weight excluding hydrogens is 270 g/mol. The van der Waals surface area contributed by atoms with Crippen LogP contribution in [0.2, 0.25) is 0 Å². The smallest absolute Gasteiger partial charge is 0.296 e. The van der Waals surface area contributed by atoms with Crippen molar-refractivity contribution in [2.24, 2.45) is 0 Å². The fourth-order valence-electron chi connectivity index (χ4n) is 2.23. The van der Waals surface area contributed by atoms with Gasteiger partial charge in [0.05, 0.1) is 11.0 Å². The van der Waals surface area contributed by atoms with Gasteiger partial charge in [0.15, 0.2) is 0 Å². The zero-order valence-corrected chi connectivity index (χ0v) is 11.0. The molecule has 0 radical (unpaired) electrons. The van der Waals surface area contributed by atoms with E-state index < -0.39 is 4.92 Å². The zero-order valence-electron chi connectivity index (χ0n) is 11.0. The summed E-state index contributed by atoms with van der Waals surface area (Å²) in [5.41, 5.74) is 2.31. The molecular formula is C15H13N3O3. The molecule has 3 rings (SSSR count). The second-order valence-electron chi connectivity index (χ2n) is 4.71. The van der Waals surface area contributed by atoms with Gasteiger partial charge in [-0.2, -0.15) is 0 Å². The van der Waals surface area contributed by atoms with Gasteiger partial charge in [0.25, 0.3) is 5.69 Å². The van der Waals surface area contributed by atoms with Gasteiger partial charge in [-0.15, -0.1) is 0 Å². The van der Waals surface area contributed by atoms with Gasteiger partial charge in [-0.25, -0.2) is 0 Å². The summed E-state index contributed by atoms with van der Waals surface area (Å²) in [6.07, 6.45) is 1.87. The molecule has 0 aliphatic heterocycles. The van der Waals surface area contributed by atoms with Gasteiger partial charge in [-0.1, -0.05) is 6.07 Å². The van der Waals surface area contributed by atoms with Gasteiger partial charge in [0.2, 0.25) is 0 Å². The quantitative estimate of drug-likeness (QED) is 0.389. The van der Waals surface area contributed by atoms with Crippen molar-refractivity contribution in [1.29, 1.82) is 0 Å². The number of fused-ring (bicyclic) bond motifs is 1. The Kier molecular flexibility index (Phi) is 3.19.